The van der Waals surface area contributed by atoms with Crippen molar-refractivity contribution in [1.29, 1.82) is 0 Å². The molecule has 1 aromatic heterocycles. The van der Waals surface area contributed by atoms with Gasteiger partial charge in [-0.3, -0.25) is 4.79 Å². The second kappa shape index (κ2) is 8.35. The molecule has 3 rings (SSSR count). The van der Waals surface area contributed by atoms with Crippen LogP contribution in [-0.4, -0.2) is 21.8 Å². The van der Waals surface area contributed by atoms with Crippen LogP contribution in [0.3, 0.4) is 0 Å². The van der Waals surface area contributed by atoms with E-state index in [2.05, 4.69) is 0 Å². The first kappa shape index (κ1) is 19.1. The molecule has 1 fully saturated rings. The number of carbonyl (C=O) groups excluding carboxylic acids is 1. The van der Waals surface area contributed by atoms with Crippen LogP contribution in [0.1, 0.15) is 49.2 Å². The molecule has 144 valence electrons. The van der Waals surface area contributed by atoms with Gasteiger partial charge in [0.05, 0.1) is 0 Å². The zero-order valence-corrected chi connectivity index (χ0v) is 15.6. The SMILES string of the molecule is CCc1c(C)n(C(=O)OCc2ccccc2)c(=O)n(C2CCCCO2)c1=O. The van der Waals surface area contributed by atoms with Crippen molar-refractivity contribution >= 4 is 6.09 Å². The standard InChI is InChI=1S/C20H24N2O5/c1-3-16-14(2)21(20(25)27-13-15-9-5-4-6-10-15)19(24)22(18(16)23)17-11-7-8-12-26-17/h4-6,9-10,17H,3,7-8,11-13H2,1-2H3. The van der Waals surface area contributed by atoms with Gasteiger partial charge in [-0.2, -0.15) is 0 Å². The monoisotopic (exact) mass is 372 g/mol. The summed E-state index contributed by atoms with van der Waals surface area (Å²) in [5, 5.41) is 0. The Labute approximate surface area is 157 Å². The summed E-state index contributed by atoms with van der Waals surface area (Å²) in [5.74, 6) is 0. The number of hydrogen-bond donors (Lipinski definition) is 0. The summed E-state index contributed by atoms with van der Waals surface area (Å²) >= 11 is 0. The Bertz CT molecular complexity index is 924. The number of ether oxygens (including phenoxy) is 2. The highest BCUT2D eigenvalue weighted by molar-refractivity contribution is 5.71. The predicted molar refractivity (Wildman–Crippen MR) is 99.9 cm³/mol. The van der Waals surface area contributed by atoms with Gasteiger partial charge >= 0.3 is 11.8 Å². The topological polar surface area (TPSA) is 79.5 Å². The van der Waals surface area contributed by atoms with E-state index in [1.54, 1.807) is 6.92 Å². The van der Waals surface area contributed by atoms with Crippen LogP contribution in [0.2, 0.25) is 0 Å². The quantitative estimate of drug-likeness (QED) is 0.824. The molecular formula is C20H24N2O5. The van der Waals surface area contributed by atoms with Gasteiger partial charge in [0.25, 0.3) is 5.56 Å². The lowest BCUT2D eigenvalue weighted by Crippen LogP contribution is -2.48. The Morgan fingerprint density at radius 3 is 2.59 bits per heavy atom. The molecule has 27 heavy (non-hydrogen) atoms. The fraction of sp³-hybridized carbons (Fsp3) is 0.450. The maximum absolute atomic E-state index is 13.0. The van der Waals surface area contributed by atoms with E-state index in [-0.39, 0.29) is 12.2 Å². The van der Waals surface area contributed by atoms with Gasteiger partial charge in [0, 0.05) is 17.9 Å². The van der Waals surface area contributed by atoms with Crippen LogP contribution in [0, 0.1) is 6.92 Å². The summed E-state index contributed by atoms with van der Waals surface area (Å²) < 4.78 is 13.0. The summed E-state index contributed by atoms with van der Waals surface area (Å²) in [7, 11) is 0. The van der Waals surface area contributed by atoms with Crippen molar-refractivity contribution in [2.45, 2.75) is 52.4 Å². The molecule has 0 saturated carbocycles. The van der Waals surface area contributed by atoms with Crippen molar-refractivity contribution in [2.75, 3.05) is 6.61 Å². The summed E-state index contributed by atoms with van der Waals surface area (Å²) in [6, 6.07) is 9.22. The first-order valence-electron chi connectivity index (χ1n) is 9.24. The van der Waals surface area contributed by atoms with E-state index in [0.717, 1.165) is 27.5 Å². The van der Waals surface area contributed by atoms with E-state index in [0.29, 0.717) is 30.7 Å². The lowest BCUT2D eigenvalue weighted by Gasteiger charge is -2.25. The third-order valence-corrected chi connectivity index (χ3v) is 4.83. The van der Waals surface area contributed by atoms with Gasteiger partial charge in [0.2, 0.25) is 0 Å². The molecule has 1 aromatic carbocycles. The van der Waals surface area contributed by atoms with E-state index >= 15 is 0 Å². The van der Waals surface area contributed by atoms with E-state index in [1.807, 2.05) is 37.3 Å². The molecule has 0 bridgehead atoms. The first-order chi connectivity index (χ1) is 13.0. The minimum Gasteiger partial charge on any atom is -0.444 e. The third kappa shape index (κ3) is 3.88. The Morgan fingerprint density at radius 1 is 1.22 bits per heavy atom. The zero-order valence-electron chi connectivity index (χ0n) is 15.6. The Balaban J connectivity index is 1.99. The molecule has 2 heterocycles. The highest BCUT2D eigenvalue weighted by Crippen LogP contribution is 2.20. The van der Waals surface area contributed by atoms with E-state index in [4.69, 9.17) is 9.47 Å². The largest absolute Gasteiger partial charge is 0.444 e. The van der Waals surface area contributed by atoms with Gasteiger partial charge in [0.1, 0.15) is 12.8 Å². The highest BCUT2D eigenvalue weighted by atomic mass is 16.6. The number of rotatable bonds is 4. The van der Waals surface area contributed by atoms with Crippen molar-refractivity contribution in [3.63, 3.8) is 0 Å². The number of benzene rings is 1. The second-order valence-electron chi connectivity index (χ2n) is 6.57. The van der Waals surface area contributed by atoms with Crippen LogP contribution < -0.4 is 11.2 Å². The highest BCUT2D eigenvalue weighted by Gasteiger charge is 2.26. The second-order valence-corrected chi connectivity index (χ2v) is 6.57. The Morgan fingerprint density at radius 2 is 1.96 bits per heavy atom. The summed E-state index contributed by atoms with van der Waals surface area (Å²) in [6.45, 7) is 3.95. The molecule has 2 aromatic rings. The van der Waals surface area contributed by atoms with E-state index in [9.17, 15) is 14.4 Å². The fourth-order valence-corrected chi connectivity index (χ4v) is 3.36. The molecular weight excluding hydrogens is 348 g/mol. The van der Waals surface area contributed by atoms with Crippen molar-refractivity contribution in [2.24, 2.45) is 0 Å². The van der Waals surface area contributed by atoms with Crippen LogP contribution in [0.25, 0.3) is 0 Å². The van der Waals surface area contributed by atoms with Gasteiger partial charge in [-0.25, -0.2) is 18.7 Å². The van der Waals surface area contributed by atoms with Crippen molar-refractivity contribution in [3.8, 4) is 0 Å². The lowest BCUT2D eigenvalue weighted by molar-refractivity contribution is -0.0376. The van der Waals surface area contributed by atoms with Crippen LogP contribution >= 0.6 is 0 Å². The molecule has 0 spiro atoms. The average molecular weight is 372 g/mol. The predicted octanol–water partition coefficient (Wildman–Crippen LogP) is 2.76. The number of hydrogen-bond acceptors (Lipinski definition) is 5. The maximum atomic E-state index is 13.0. The molecule has 1 aliphatic heterocycles. The molecule has 7 nitrogen and oxygen atoms in total. The first-order valence-corrected chi connectivity index (χ1v) is 9.24. The molecule has 0 N–H and O–H groups in total. The molecule has 1 unspecified atom stereocenters. The average Bonchev–Trinajstić information content (AvgIpc) is 2.68. The molecule has 0 aliphatic carbocycles. The zero-order chi connectivity index (χ0) is 19.4. The molecule has 0 radical (unpaired) electrons. The summed E-state index contributed by atoms with van der Waals surface area (Å²) in [6.07, 6.45) is 1.30. The Kier molecular flexibility index (Phi) is 5.91. The minimum absolute atomic E-state index is 0.0477. The third-order valence-electron chi connectivity index (χ3n) is 4.83. The van der Waals surface area contributed by atoms with Gasteiger partial charge in [-0.05, 0) is 38.2 Å². The van der Waals surface area contributed by atoms with Gasteiger partial charge in [0.15, 0.2) is 0 Å². The van der Waals surface area contributed by atoms with Crippen molar-refractivity contribution in [3.05, 3.63) is 68.0 Å². The van der Waals surface area contributed by atoms with Crippen LogP contribution in [-0.2, 0) is 22.5 Å². The van der Waals surface area contributed by atoms with Gasteiger partial charge in [-0.1, -0.05) is 37.3 Å². The maximum Gasteiger partial charge on any atom is 0.422 e. The molecule has 1 saturated heterocycles. The van der Waals surface area contributed by atoms with Crippen LogP contribution in [0.4, 0.5) is 4.79 Å². The minimum atomic E-state index is -0.791. The molecule has 1 aliphatic rings. The number of nitrogens with zero attached hydrogens (tertiary/aromatic N) is 2. The van der Waals surface area contributed by atoms with Crippen LogP contribution in [0.5, 0.6) is 0 Å². The lowest BCUT2D eigenvalue weighted by atomic mass is 10.1. The van der Waals surface area contributed by atoms with Gasteiger partial charge in [-0.15, -0.1) is 0 Å². The molecule has 1 atom stereocenters. The summed E-state index contributed by atoms with van der Waals surface area (Å²) in [5.41, 5.74) is 0.452. The number of carbonyl (C=O) groups is 1. The van der Waals surface area contributed by atoms with E-state index in [1.165, 1.54) is 0 Å². The van der Waals surface area contributed by atoms with Gasteiger partial charge < -0.3 is 9.47 Å². The van der Waals surface area contributed by atoms with Crippen LogP contribution in [0.15, 0.2) is 39.9 Å². The van der Waals surface area contributed by atoms with Crippen molar-refractivity contribution < 1.29 is 14.3 Å². The molecule has 0 amide bonds. The Hall–Kier alpha value is -2.67. The normalized spacial score (nSPS) is 16.9. The fourth-order valence-electron chi connectivity index (χ4n) is 3.36. The molecule has 7 heteroatoms. The summed E-state index contributed by atoms with van der Waals surface area (Å²) in [4.78, 5) is 38.4. The van der Waals surface area contributed by atoms with Crippen molar-refractivity contribution in [1.82, 2.24) is 9.13 Å². The van der Waals surface area contributed by atoms with E-state index < -0.39 is 18.0 Å². The number of aromatic nitrogens is 2. The smallest absolute Gasteiger partial charge is 0.422 e.